The number of imide groups is 1. The zero-order chi connectivity index (χ0) is 22.6. The monoisotopic (exact) mass is 429 g/mol. The molecule has 2 amide bonds. The minimum atomic E-state index is -0.620. The molecule has 3 aromatic heterocycles. The van der Waals surface area contributed by atoms with Crippen molar-refractivity contribution in [1.82, 2.24) is 29.4 Å². The summed E-state index contributed by atoms with van der Waals surface area (Å²) in [5, 5.41) is 11.3. The molecular formula is C22H19N7O3. The number of aryl methyl sites for hydroxylation is 2. The van der Waals surface area contributed by atoms with E-state index in [1.165, 1.54) is 4.57 Å². The molecule has 0 radical (unpaired) electrons. The zero-order valence-electron chi connectivity index (χ0n) is 17.4. The number of nitrogens with zero attached hydrogens (tertiary/aromatic N) is 5. The topological polar surface area (TPSA) is 130 Å². The van der Waals surface area contributed by atoms with Crippen LogP contribution in [0.4, 0.5) is 5.82 Å². The third-order valence-electron chi connectivity index (χ3n) is 5.46. The van der Waals surface area contributed by atoms with E-state index in [1.54, 1.807) is 28.9 Å². The largest absolute Gasteiger partial charge is 0.384 e. The minimum absolute atomic E-state index is 0.00358. The molecule has 1 aliphatic heterocycles. The predicted molar refractivity (Wildman–Crippen MR) is 117 cm³/mol. The number of hydrogen-bond acceptors (Lipinski definition) is 6. The highest BCUT2D eigenvalue weighted by Crippen LogP contribution is 2.24. The Labute approximate surface area is 181 Å². The molecular weight excluding hydrogens is 410 g/mol. The van der Waals surface area contributed by atoms with Crippen molar-refractivity contribution in [3.8, 4) is 22.6 Å². The van der Waals surface area contributed by atoms with Crippen molar-refractivity contribution >= 4 is 17.6 Å². The molecule has 0 saturated carbocycles. The minimum Gasteiger partial charge on any atom is -0.384 e. The maximum Gasteiger partial charge on any atom is 0.262 e. The molecule has 0 bridgehead atoms. The van der Waals surface area contributed by atoms with Crippen molar-refractivity contribution in [2.24, 2.45) is 0 Å². The van der Waals surface area contributed by atoms with Gasteiger partial charge in [-0.1, -0.05) is 0 Å². The second-order valence-electron chi connectivity index (χ2n) is 7.42. The molecule has 0 unspecified atom stereocenters. The van der Waals surface area contributed by atoms with Crippen molar-refractivity contribution in [2.45, 2.75) is 20.4 Å². The first kappa shape index (κ1) is 19.5. The van der Waals surface area contributed by atoms with Crippen LogP contribution in [0.15, 0.2) is 53.6 Å². The van der Waals surface area contributed by atoms with E-state index in [9.17, 15) is 14.4 Å². The van der Waals surface area contributed by atoms with E-state index in [1.807, 2.05) is 37.0 Å². The van der Waals surface area contributed by atoms with E-state index >= 15 is 0 Å². The summed E-state index contributed by atoms with van der Waals surface area (Å²) < 4.78 is 4.80. The molecule has 0 aliphatic carbocycles. The van der Waals surface area contributed by atoms with E-state index in [0.717, 1.165) is 35.2 Å². The molecule has 0 fully saturated rings. The number of carbonyl (C=O) groups excluding carboxylic acids is 2. The van der Waals surface area contributed by atoms with Crippen molar-refractivity contribution in [3.63, 3.8) is 0 Å². The number of nitrogens with one attached hydrogen (secondary N) is 1. The zero-order valence-corrected chi connectivity index (χ0v) is 17.4. The van der Waals surface area contributed by atoms with E-state index in [-0.39, 0.29) is 16.9 Å². The lowest BCUT2D eigenvalue weighted by molar-refractivity contribution is 0.0880. The van der Waals surface area contributed by atoms with Crippen LogP contribution in [0, 0.1) is 6.92 Å². The van der Waals surface area contributed by atoms with E-state index in [2.05, 4.69) is 15.5 Å². The fraction of sp³-hybridized carbons (Fsp3) is 0.136. The predicted octanol–water partition coefficient (Wildman–Crippen LogP) is 1.68. The average Bonchev–Trinajstić information content (AvgIpc) is 3.46. The first-order valence-electron chi connectivity index (χ1n) is 9.99. The van der Waals surface area contributed by atoms with Gasteiger partial charge in [0.25, 0.3) is 17.4 Å². The van der Waals surface area contributed by atoms with Gasteiger partial charge in [-0.2, -0.15) is 10.2 Å². The molecule has 10 heteroatoms. The lowest BCUT2D eigenvalue weighted by atomic mass is 10.1. The van der Waals surface area contributed by atoms with E-state index < -0.39 is 17.4 Å². The first-order chi connectivity index (χ1) is 15.4. The van der Waals surface area contributed by atoms with Crippen LogP contribution in [0.3, 0.4) is 0 Å². The molecule has 4 aromatic rings. The Bertz CT molecular complexity index is 1460. The van der Waals surface area contributed by atoms with Crippen LogP contribution >= 0.6 is 0 Å². The van der Waals surface area contributed by atoms with Gasteiger partial charge in [0.2, 0.25) is 0 Å². The quantitative estimate of drug-likeness (QED) is 0.475. The number of carbonyl (C=O) groups is 2. The lowest BCUT2D eigenvalue weighted by Gasteiger charge is -2.12. The van der Waals surface area contributed by atoms with Gasteiger partial charge in [-0.3, -0.25) is 28.9 Å². The Morgan fingerprint density at radius 1 is 0.969 bits per heavy atom. The molecule has 10 nitrogen and oxygen atoms in total. The Morgan fingerprint density at radius 3 is 2.38 bits per heavy atom. The maximum atomic E-state index is 12.6. The maximum absolute atomic E-state index is 12.6. The van der Waals surface area contributed by atoms with Crippen LogP contribution in [0.2, 0.25) is 0 Å². The lowest BCUT2D eigenvalue weighted by Crippen LogP contribution is -2.24. The molecule has 5 rings (SSSR count). The third kappa shape index (κ3) is 2.92. The Kier molecular flexibility index (Phi) is 4.29. The molecule has 0 spiro atoms. The number of nitrogen functional groups attached to an aromatic ring is 1. The number of benzene rings is 1. The van der Waals surface area contributed by atoms with Crippen molar-refractivity contribution in [2.75, 3.05) is 5.73 Å². The number of hydrogen-bond donors (Lipinski definition) is 2. The van der Waals surface area contributed by atoms with Crippen LogP contribution in [0.5, 0.6) is 0 Å². The summed E-state index contributed by atoms with van der Waals surface area (Å²) in [4.78, 5) is 36.5. The van der Waals surface area contributed by atoms with Gasteiger partial charge in [-0.15, -0.1) is 0 Å². The number of aromatic nitrogens is 5. The third-order valence-corrected chi connectivity index (χ3v) is 5.46. The van der Waals surface area contributed by atoms with Gasteiger partial charge >= 0.3 is 0 Å². The van der Waals surface area contributed by atoms with Crippen LogP contribution in [-0.2, 0) is 6.54 Å². The molecule has 0 saturated heterocycles. The number of rotatable bonds is 4. The Hall–Kier alpha value is -4.47. The summed E-state index contributed by atoms with van der Waals surface area (Å²) in [5.74, 6) is -1.31. The standard InChI is InChI=1S/C22H19N7O3/c1-3-27-11-16(12(2)25-27)17-8-9-28(26-17)13-4-6-14(7-5-13)29-18(30)10-15-19(20(29)23)22(32)24-21(15)31/h4-11H,3,23H2,1-2H3,(H,24,31,32). The van der Waals surface area contributed by atoms with Gasteiger partial charge in [-0.25, -0.2) is 4.68 Å². The average molecular weight is 429 g/mol. The van der Waals surface area contributed by atoms with E-state index in [0.29, 0.717) is 5.69 Å². The van der Waals surface area contributed by atoms with E-state index in [4.69, 9.17) is 5.73 Å². The number of pyridine rings is 1. The molecule has 160 valence electrons. The summed E-state index contributed by atoms with van der Waals surface area (Å²) in [6.07, 6.45) is 3.81. The normalized spacial score (nSPS) is 12.8. The summed E-state index contributed by atoms with van der Waals surface area (Å²) >= 11 is 0. The van der Waals surface area contributed by atoms with Crippen LogP contribution in [0.1, 0.15) is 33.3 Å². The number of anilines is 1. The molecule has 1 aliphatic rings. The van der Waals surface area contributed by atoms with Gasteiger partial charge in [-0.05, 0) is 44.2 Å². The summed E-state index contributed by atoms with van der Waals surface area (Å²) in [5.41, 5.74) is 9.53. The molecule has 0 atom stereocenters. The van der Waals surface area contributed by atoms with Crippen molar-refractivity contribution < 1.29 is 9.59 Å². The van der Waals surface area contributed by atoms with Gasteiger partial charge in [0.15, 0.2) is 0 Å². The smallest absolute Gasteiger partial charge is 0.262 e. The summed E-state index contributed by atoms with van der Waals surface area (Å²) in [7, 11) is 0. The molecule has 32 heavy (non-hydrogen) atoms. The van der Waals surface area contributed by atoms with Crippen LogP contribution < -0.4 is 16.6 Å². The molecule has 3 N–H and O–H groups in total. The van der Waals surface area contributed by atoms with Crippen molar-refractivity contribution in [1.29, 1.82) is 0 Å². The second kappa shape index (κ2) is 7.05. The van der Waals surface area contributed by atoms with Gasteiger partial charge < -0.3 is 5.73 Å². The molecule has 4 heterocycles. The number of amides is 2. The molecule has 1 aromatic carbocycles. The second-order valence-corrected chi connectivity index (χ2v) is 7.42. The highest BCUT2D eigenvalue weighted by Gasteiger charge is 2.31. The van der Waals surface area contributed by atoms with Crippen molar-refractivity contribution in [3.05, 3.63) is 76.0 Å². The number of nitrogens with two attached hydrogens (primary N) is 1. The number of fused-ring (bicyclic) bond motifs is 1. The first-order valence-corrected chi connectivity index (χ1v) is 9.99. The van der Waals surface area contributed by atoms with Gasteiger partial charge in [0.1, 0.15) is 5.82 Å². The van der Waals surface area contributed by atoms with Crippen LogP contribution in [0.25, 0.3) is 22.6 Å². The van der Waals surface area contributed by atoms with Crippen LogP contribution in [-0.4, -0.2) is 35.9 Å². The highest BCUT2D eigenvalue weighted by atomic mass is 16.2. The fourth-order valence-corrected chi connectivity index (χ4v) is 3.84. The summed E-state index contributed by atoms with van der Waals surface area (Å²) in [6.45, 7) is 4.76. The summed E-state index contributed by atoms with van der Waals surface area (Å²) in [6, 6.07) is 10.0. The Morgan fingerprint density at radius 2 is 1.69 bits per heavy atom. The highest BCUT2D eigenvalue weighted by molar-refractivity contribution is 6.23. The van der Waals surface area contributed by atoms with Gasteiger partial charge in [0, 0.05) is 30.6 Å². The SMILES string of the molecule is CCn1cc(-c2ccn(-c3ccc(-n4c(N)c5c(cc4=O)C(=O)NC5=O)cc3)n2)c(C)n1. The fourth-order valence-electron chi connectivity index (χ4n) is 3.84. The van der Waals surface area contributed by atoms with Gasteiger partial charge in [0.05, 0.1) is 33.9 Å². The Balaban J connectivity index is 1.50.